The number of esters is 3. The number of unbranched alkanes of at least 4 members (excludes halogenated alkanes) is 53. The van der Waals surface area contributed by atoms with Crippen LogP contribution in [0.3, 0.4) is 0 Å². The van der Waals surface area contributed by atoms with Gasteiger partial charge < -0.3 is 14.2 Å². The molecule has 0 N–H and O–H groups in total. The van der Waals surface area contributed by atoms with Gasteiger partial charge in [0.15, 0.2) is 6.10 Å². The Morgan fingerprint density at radius 1 is 0.216 bits per heavy atom. The predicted molar refractivity (Wildman–Crippen MR) is 321 cm³/mol. The topological polar surface area (TPSA) is 78.9 Å². The number of rotatable bonds is 64. The highest BCUT2D eigenvalue weighted by Gasteiger charge is 2.19. The molecular formula is C68H132O6. The monoisotopic (exact) mass is 1050 g/mol. The van der Waals surface area contributed by atoms with Crippen molar-refractivity contribution in [1.82, 2.24) is 0 Å². The van der Waals surface area contributed by atoms with Gasteiger partial charge in [-0.1, -0.05) is 361 Å². The normalized spacial score (nSPS) is 11.9. The summed E-state index contributed by atoms with van der Waals surface area (Å²) in [6.45, 7) is 6.74. The van der Waals surface area contributed by atoms with Crippen molar-refractivity contribution >= 4 is 17.9 Å². The molecule has 0 aliphatic rings. The fourth-order valence-electron chi connectivity index (χ4n) is 10.7. The van der Waals surface area contributed by atoms with Crippen LogP contribution in [0.25, 0.3) is 0 Å². The first-order chi connectivity index (χ1) is 36.5. The number of carbonyl (C=O) groups is 3. The van der Waals surface area contributed by atoms with Gasteiger partial charge in [-0.05, 0) is 19.3 Å². The van der Waals surface area contributed by atoms with E-state index in [1.807, 2.05) is 0 Å². The Morgan fingerprint density at radius 3 is 0.541 bits per heavy atom. The van der Waals surface area contributed by atoms with Crippen molar-refractivity contribution < 1.29 is 28.6 Å². The van der Waals surface area contributed by atoms with E-state index in [1.165, 1.54) is 302 Å². The molecule has 1 atom stereocenters. The van der Waals surface area contributed by atoms with Crippen molar-refractivity contribution in [2.75, 3.05) is 13.2 Å². The van der Waals surface area contributed by atoms with E-state index >= 15 is 0 Å². The quantitative estimate of drug-likeness (QED) is 0.0343. The molecule has 0 aliphatic carbocycles. The highest BCUT2D eigenvalue weighted by molar-refractivity contribution is 5.71. The van der Waals surface area contributed by atoms with Crippen LogP contribution in [0.2, 0.25) is 0 Å². The average Bonchev–Trinajstić information content (AvgIpc) is 3.40. The summed E-state index contributed by atoms with van der Waals surface area (Å²) in [6.07, 6.45) is 74.1. The minimum absolute atomic E-state index is 0.0603. The maximum atomic E-state index is 12.9. The van der Waals surface area contributed by atoms with Crippen LogP contribution in [-0.4, -0.2) is 37.2 Å². The van der Waals surface area contributed by atoms with Crippen LogP contribution in [0.4, 0.5) is 0 Å². The zero-order valence-electron chi connectivity index (χ0n) is 50.7. The van der Waals surface area contributed by atoms with Gasteiger partial charge >= 0.3 is 17.9 Å². The minimum Gasteiger partial charge on any atom is -0.462 e. The van der Waals surface area contributed by atoms with E-state index in [9.17, 15) is 14.4 Å². The zero-order valence-corrected chi connectivity index (χ0v) is 50.7. The van der Waals surface area contributed by atoms with Crippen LogP contribution < -0.4 is 0 Å². The number of hydrogen-bond acceptors (Lipinski definition) is 6. The molecule has 0 fully saturated rings. The maximum Gasteiger partial charge on any atom is 0.306 e. The maximum absolute atomic E-state index is 12.9. The Hall–Kier alpha value is -1.59. The lowest BCUT2D eigenvalue weighted by molar-refractivity contribution is -0.167. The zero-order chi connectivity index (χ0) is 53.6. The summed E-state index contributed by atoms with van der Waals surface area (Å²) in [6, 6.07) is 0. The summed E-state index contributed by atoms with van der Waals surface area (Å²) in [5, 5.41) is 0. The lowest BCUT2D eigenvalue weighted by atomic mass is 10.0. The first-order valence-corrected chi connectivity index (χ1v) is 34.0. The third-order valence-electron chi connectivity index (χ3n) is 15.9. The van der Waals surface area contributed by atoms with Crippen LogP contribution in [0.1, 0.15) is 400 Å². The second-order valence-corrected chi connectivity index (χ2v) is 23.5. The summed E-state index contributed by atoms with van der Waals surface area (Å²) >= 11 is 0. The van der Waals surface area contributed by atoms with Crippen molar-refractivity contribution in [2.24, 2.45) is 0 Å². The molecule has 74 heavy (non-hydrogen) atoms. The lowest BCUT2D eigenvalue weighted by Gasteiger charge is -2.18. The summed E-state index contributed by atoms with van der Waals surface area (Å²) in [5.41, 5.74) is 0. The first-order valence-electron chi connectivity index (χ1n) is 34.0. The van der Waals surface area contributed by atoms with Gasteiger partial charge in [0.2, 0.25) is 0 Å². The fourth-order valence-corrected chi connectivity index (χ4v) is 10.7. The highest BCUT2D eigenvalue weighted by atomic mass is 16.6. The van der Waals surface area contributed by atoms with Crippen molar-refractivity contribution in [3.8, 4) is 0 Å². The molecule has 6 heteroatoms. The summed E-state index contributed by atoms with van der Waals surface area (Å²) in [7, 11) is 0. The Kier molecular flexibility index (Phi) is 62.6. The minimum atomic E-state index is -0.763. The molecule has 0 heterocycles. The van der Waals surface area contributed by atoms with Gasteiger partial charge in [-0.25, -0.2) is 0 Å². The third-order valence-corrected chi connectivity index (χ3v) is 15.9. The Morgan fingerprint density at radius 2 is 0.365 bits per heavy atom. The predicted octanol–water partition coefficient (Wildman–Crippen LogP) is 23.1. The highest BCUT2D eigenvalue weighted by Crippen LogP contribution is 2.19. The summed E-state index contributed by atoms with van der Waals surface area (Å²) in [4.78, 5) is 38.4. The van der Waals surface area contributed by atoms with Gasteiger partial charge in [0.25, 0.3) is 0 Å². The lowest BCUT2D eigenvalue weighted by Crippen LogP contribution is -2.30. The van der Waals surface area contributed by atoms with E-state index in [-0.39, 0.29) is 31.1 Å². The van der Waals surface area contributed by atoms with E-state index in [1.54, 1.807) is 0 Å². The molecule has 0 aliphatic heterocycles. The molecule has 0 bridgehead atoms. The van der Waals surface area contributed by atoms with Crippen LogP contribution in [0, 0.1) is 0 Å². The van der Waals surface area contributed by atoms with Crippen molar-refractivity contribution in [3.63, 3.8) is 0 Å². The first kappa shape index (κ1) is 72.4. The molecular weight excluding hydrogens is 913 g/mol. The summed E-state index contributed by atoms with van der Waals surface area (Å²) < 4.78 is 17.0. The molecule has 0 saturated carbocycles. The van der Waals surface area contributed by atoms with Crippen molar-refractivity contribution in [2.45, 2.75) is 406 Å². The molecule has 0 aromatic carbocycles. The molecule has 1 unspecified atom stereocenters. The van der Waals surface area contributed by atoms with Gasteiger partial charge in [-0.2, -0.15) is 0 Å². The molecule has 0 spiro atoms. The Bertz CT molecular complexity index is 1110. The van der Waals surface area contributed by atoms with E-state index < -0.39 is 6.10 Å². The van der Waals surface area contributed by atoms with Crippen LogP contribution in [0.15, 0.2) is 0 Å². The number of hydrogen-bond donors (Lipinski definition) is 0. The van der Waals surface area contributed by atoms with Crippen molar-refractivity contribution in [3.05, 3.63) is 0 Å². The molecule has 0 saturated heterocycles. The Labute approximate surface area is 463 Å². The number of carbonyl (C=O) groups excluding carboxylic acids is 3. The molecule has 0 aromatic rings. The molecule has 0 aromatic heterocycles. The molecule has 0 rings (SSSR count). The molecule has 0 radical (unpaired) electrons. The fraction of sp³-hybridized carbons (Fsp3) is 0.956. The van der Waals surface area contributed by atoms with Crippen LogP contribution in [0.5, 0.6) is 0 Å². The number of ether oxygens (including phenoxy) is 3. The van der Waals surface area contributed by atoms with Crippen LogP contribution in [-0.2, 0) is 28.6 Å². The molecule has 440 valence electrons. The van der Waals surface area contributed by atoms with Gasteiger partial charge in [0.1, 0.15) is 13.2 Å². The largest absolute Gasteiger partial charge is 0.462 e. The van der Waals surface area contributed by atoms with Gasteiger partial charge in [0.05, 0.1) is 0 Å². The summed E-state index contributed by atoms with van der Waals surface area (Å²) in [5.74, 6) is -0.821. The van der Waals surface area contributed by atoms with E-state index in [4.69, 9.17) is 14.2 Å². The van der Waals surface area contributed by atoms with E-state index in [2.05, 4.69) is 20.8 Å². The van der Waals surface area contributed by atoms with Gasteiger partial charge in [-0.3, -0.25) is 14.4 Å². The van der Waals surface area contributed by atoms with E-state index in [0.717, 1.165) is 57.8 Å². The Balaban J connectivity index is 4.22. The second-order valence-electron chi connectivity index (χ2n) is 23.5. The second kappa shape index (κ2) is 63.9. The molecule has 6 nitrogen and oxygen atoms in total. The molecule has 0 amide bonds. The average molecular weight is 1050 g/mol. The SMILES string of the molecule is CCCCCCCCCCCCCCCCCCCCCCCCCCC(=O)OCC(COC(=O)CCCCCCCCCCCCCCCCCC)OC(=O)CCCCCCCCCCCCCCCCCC. The van der Waals surface area contributed by atoms with Gasteiger partial charge in [0, 0.05) is 19.3 Å². The van der Waals surface area contributed by atoms with Crippen molar-refractivity contribution in [1.29, 1.82) is 0 Å². The standard InChI is InChI=1S/C68H132O6/c1-4-7-10-13-16-19-22-25-28-31-32-33-34-35-36-37-38-41-43-46-49-52-55-58-61-67(70)73-64-65(74-68(71)62-59-56-53-50-47-44-40-30-27-24-21-18-15-12-9-6-3)63-72-66(69)60-57-54-51-48-45-42-39-29-26-23-20-17-14-11-8-5-2/h65H,4-64H2,1-3H3. The third kappa shape index (κ3) is 61.3. The van der Waals surface area contributed by atoms with Crippen LogP contribution >= 0.6 is 0 Å². The van der Waals surface area contributed by atoms with E-state index in [0.29, 0.717) is 19.3 Å². The van der Waals surface area contributed by atoms with Gasteiger partial charge in [-0.15, -0.1) is 0 Å². The smallest absolute Gasteiger partial charge is 0.306 e.